The molecule has 0 unspecified atom stereocenters. The summed E-state index contributed by atoms with van der Waals surface area (Å²) in [6.07, 6.45) is 5.82. The molecule has 6 nitrogen and oxygen atoms in total. The Kier molecular flexibility index (Phi) is 5.48. The van der Waals surface area contributed by atoms with Gasteiger partial charge in [0, 0.05) is 43.3 Å². The van der Waals surface area contributed by atoms with Crippen molar-refractivity contribution in [3.8, 4) is 0 Å². The van der Waals surface area contributed by atoms with Gasteiger partial charge in [-0.1, -0.05) is 30.3 Å². The average molecular weight is 374 g/mol. The molecule has 0 aliphatic carbocycles. The van der Waals surface area contributed by atoms with Gasteiger partial charge in [-0.2, -0.15) is 4.98 Å². The monoisotopic (exact) mass is 374 g/mol. The summed E-state index contributed by atoms with van der Waals surface area (Å²) in [7, 11) is 0. The molecule has 1 aliphatic heterocycles. The minimum atomic E-state index is 0.165. The zero-order valence-corrected chi connectivity index (χ0v) is 16.1. The Morgan fingerprint density at radius 1 is 1.00 bits per heavy atom. The molecule has 3 N–H and O–H groups in total. The molecule has 3 aromatic rings. The van der Waals surface area contributed by atoms with Crippen LogP contribution >= 0.6 is 0 Å². The van der Waals surface area contributed by atoms with Crippen molar-refractivity contribution in [2.24, 2.45) is 0 Å². The Bertz CT molecular complexity index is 832. The van der Waals surface area contributed by atoms with Gasteiger partial charge in [0.05, 0.1) is 6.04 Å². The van der Waals surface area contributed by atoms with E-state index in [9.17, 15) is 0 Å². The van der Waals surface area contributed by atoms with Crippen LogP contribution in [0.2, 0.25) is 0 Å². The minimum absolute atomic E-state index is 0.165. The fourth-order valence-electron chi connectivity index (χ4n) is 3.83. The van der Waals surface area contributed by atoms with Gasteiger partial charge in [0.2, 0.25) is 5.95 Å². The van der Waals surface area contributed by atoms with Gasteiger partial charge in [0.1, 0.15) is 5.82 Å². The van der Waals surface area contributed by atoms with Crippen molar-refractivity contribution in [1.82, 2.24) is 20.3 Å². The first-order valence-electron chi connectivity index (χ1n) is 9.76. The molecule has 2 aromatic heterocycles. The lowest BCUT2D eigenvalue weighted by molar-refractivity contribution is 0.389. The van der Waals surface area contributed by atoms with Gasteiger partial charge in [-0.05, 0) is 43.0 Å². The first kappa shape index (κ1) is 18.4. The second kappa shape index (κ2) is 8.35. The highest BCUT2D eigenvalue weighted by Gasteiger charge is 2.24. The van der Waals surface area contributed by atoms with Gasteiger partial charge in [-0.15, -0.1) is 0 Å². The first-order valence-corrected chi connectivity index (χ1v) is 9.76. The molecule has 0 bridgehead atoms. The highest BCUT2D eigenvalue weighted by atomic mass is 15.2. The van der Waals surface area contributed by atoms with Crippen molar-refractivity contribution in [2.45, 2.75) is 31.8 Å². The van der Waals surface area contributed by atoms with E-state index >= 15 is 0 Å². The zero-order valence-electron chi connectivity index (χ0n) is 16.1. The molecule has 0 amide bonds. The lowest BCUT2D eigenvalue weighted by atomic mass is 9.96. The summed E-state index contributed by atoms with van der Waals surface area (Å²) in [5.74, 6) is 1.27. The lowest BCUT2D eigenvalue weighted by Crippen LogP contribution is -2.44. The number of benzene rings is 1. The maximum atomic E-state index is 5.82. The minimum Gasteiger partial charge on any atom is -0.368 e. The zero-order chi connectivity index (χ0) is 19.3. The average Bonchev–Trinajstić information content (AvgIpc) is 2.73. The van der Waals surface area contributed by atoms with Crippen LogP contribution in [0.15, 0.2) is 60.9 Å². The van der Waals surface area contributed by atoms with E-state index in [0.717, 1.165) is 37.4 Å². The molecule has 1 fully saturated rings. The third-order valence-corrected chi connectivity index (χ3v) is 5.25. The Balaban J connectivity index is 1.46. The van der Waals surface area contributed by atoms with Gasteiger partial charge < -0.3 is 16.0 Å². The molecule has 0 spiro atoms. The van der Waals surface area contributed by atoms with Crippen LogP contribution in [-0.4, -0.2) is 34.1 Å². The van der Waals surface area contributed by atoms with Crippen molar-refractivity contribution < 1.29 is 0 Å². The van der Waals surface area contributed by atoms with Crippen LogP contribution in [0.25, 0.3) is 0 Å². The van der Waals surface area contributed by atoms with E-state index in [0.29, 0.717) is 12.0 Å². The predicted molar refractivity (Wildman–Crippen MR) is 112 cm³/mol. The largest absolute Gasteiger partial charge is 0.368 e. The molecule has 4 rings (SSSR count). The molecule has 28 heavy (non-hydrogen) atoms. The normalized spacial score (nSPS) is 16.1. The van der Waals surface area contributed by atoms with Gasteiger partial charge in [0.15, 0.2) is 0 Å². The molecule has 0 radical (unpaired) electrons. The highest BCUT2D eigenvalue weighted by Crippen LogP contribution is 2.25. The van der Waals surface area contributed by atoms with Crippen molar-refractivity contribution in [2.75, 3.05) is 23.7 Å². The summed E-state index contributed by atoms with van der Waals surface area (Å²) in [4.78, 5) is 15.0. The van der Waals surface area contributed by atoms with Gasteiger partial charge in [-0.25, -0.2) is 4.98 Å². The summed E-state index contributed by atoms with van der Waals surface area (Å²) in [5, 5.41) is 3.87. The predicted octanol–water partition coefficient (Wildman–Crippen LogP) is 3.11. The summed E-state index contributed by atoms with van der Waals surface area (Å²) < 4.78 is 0. The fourth-order valence-corrected chi connectivity index (χ4v) is 3.83. The number of nitrogens with zero attached hydrogens (tertiary/aromatic N) is 4. The van der Waals surface area contributed by atoms with E-state index < -0.39 is 0 Å². The molecule has 1 saturated heterocycles. The number of anilines is 2. The van der Waals surface area contributed by atoms with E-state index in [1.54, 1.807) is 0 Å². The number of hydrogen-bond donors (Lipinski definition) is 2. The van der Waals surface area contributed by atoms with Crippen LogP contribution < -0.4 is 16.0 Å². The Morgan fingerprint density at radius 2 is 1.68 bits per heavy atom. The van der Waals surface area contributed by atoms with Crippen LogP contribution in [-0.2, 0) is 0 Å². The standard InChI is InChI=1S/C22H26N6/c1-16-15-20(27-22(23)25-16)28-13-9-19(10-14-28)26-21(17-5-3-2-4-6-17)18-7-11-24-12-8-18/h2-8,11-12,15,19,21,26H,9-10,13-14H2,1H3,(H2,23,25,27)/t21-/m0/s1. The van der Waals surface area contributed by atoms with E-state index in [2.05, 4.69) is 67.6 Å². The Labute approximate surface area is 165 Å². The van der Waals surface area contributed by atoms with E-state index in [4.69, 9.17) is 5.73 Å². The van der Waals surface area contributed by atoms with E-state index in [1.807, 2.05) is 25.4 Å². The summed E-state index contributed by atoms with van der Waals surface area (Å²) >= 11 is 0. The van der Waals surface area contributed by atoms with Crippen LogP contribution in [0.3, 0.4) is 0 Å². The quantitative estimate of drug-likeness (QED) is 0.714. The molecule has 0 saturated carbocycles. The molecular weight excluding hydrogens is 348 g/mol. The van der Waals surface area contributed by atoms with Crippen LogP contribution in [0.5, 0.6) is 0 Å². The maximum absolute atomic E-state index is 5.82. The Hall–Kier alpha value is -2.99. The van der Waals surface area contributed by atoms with Crippen LogP contribution in [0.4, 0.5) is 11.8 Å². The van der Waals surface area contributed by atoms with Crippen LogP contribution in [0, 0.1) is 6.92 Å². The van der Waals surface area contributed by atoms with Crippen molar-refractivity contribution in [1.29, 1.82) is 0 Å². The number of nitrogens with two attached hydrogens (primary N) is 1. The maximum Gasteiger partial charge on any atom is 0.222 e. The van der Waals surface area contributed by atoms with E-state index in [1.165, 1.54) is 11.1 Å². The molecule has 1 aromatic carbocycles. The SMILES string of the molecule is Cc1cc(N2CCC(N[C@@H](c3ccccc3)c3ccncc3)CC2)nc(N)n1. The summed E-state index contributed by atoms with van der Waals surface area (Å²) in [5.41, 5.74) is 9.24. The number of aryl methyl sites for hydroxylation is 1. The van der Waals surface area contributed by atoms with Crippen molar-refractivity contribution >= 4 is 11.8 Å². The van der Waals surface area contributed by atoms with Crippen molar-refractivity contribution in [3.63, 3.8) is 0 Å². The number of nitrogen functional groups attached to an aromatic ring is 1. The fraction of sp³-hybridized carbons (Fsp3) is 0.318. The van der Waals surface area contributed by atoms with Gasteiger partial charge in [-0.3, -0.25) is 4.98 Å². The second-order valence-corrected chi connectivity index (χ2v) is 7.28. The van der Waals surface area contributed by atoms with Crippen LogP contribution in [0.1, 0.15) is 35.7 Å². The van der Waals surface area contributed by atoms with Gasteiger partial charge in [0.25, 0.3) is 0 Å². The molecule has 1 atom stereocenters. The third kappa shape index (κ3) is 4.28. The third-order valence-electron chi connectivity index (χ3n) is 5.25. The smallest absolute Gasteiger partial charge is 0.222 e. The molecule has 144 valence electrons. The molecule has 3 heterocycles. The molecule has 1 aliphatic rings. The molecular formula is C22H26N6. The van der Waals surface area contributed by atoms with Crippen molar-refractivity contribution in [3.05, 3.63) is 77.7 Å². The second-order valence-electron chi connectivity index (χ2n) is 7.28. The molecule has 6 heteroatoms. The first-order chi connectivity index (χ1) is 13.7. The number of nitrogens with one attached hydrogen (secondary N) is 1. The van der Waals surface area contributed by atoms with Gasteiger partial charge >= 0.3 is 0 Å². The number of hydrogen-bond acceptors (Lipinski definition) is 6. The Morgan fingerprint density at radius 3 is 2.36 bits per heavy atom. The number of aromatic nitrogens is 3. The van der Waals surface area contributed by atoms with E-state index in [-0.39, 0.29) is 6.04 Å². The highest BCUT2D eigenvalue weighted by molar-refractivity contribution is 5.43. The summed E-state index contributed by atoms with van der Waals surface area (Å²) in [6, 6.07) is 17.4. The lowest BCUT2D eigenvalue weighted by Gasteiger charge is -2.35. The number of rotatable bonds is 5. The summed E-state index contributed by atoms with van der Waals surface area (Å²) in [6.45, 7) is 3.85. The topological polar surface area (TPSA) is 80.0 Å². The number of pyridine rings is 1. The number of piperidine rings is 1.